The summed E-state index contributed by atoms with van der Waals surface area (Å²) >= 11 is 1.37. The summed E-state index contributed by atoms with van der Waals surface area (Å²) < 4.78 is 4.21. The van der Waals surface area contributed by atoms with Crippen molar-refractivity contribution in [3.05, 3.63) is 58.5 Å². The van der Waals surface area contributed by atoms with Gasteiger partial charge in [-0.3, -0.25) is 4.79 Å². The minimum atomic E-state index is -0.141. The second-order valence-electron chi connectivity index (χ2n) is 8.65. The van der Waals surface area contributed by atoms with Gasteiger partial charge < -0.3 is 14.5 Å². The molecule has 7 nitrogen and oxygen atoms in total. The molecule has 3 aromatic rings. The monoisotopic (exact) mass is 462 g/mol. The van der Waals surface area contributed by atoms with Crippen molar-refractivity contribution in [2.45, 2.75) is 70.6 Å². The Morgan fingerprint density at radius 3 is 2.58 bits per heavy atom. The molecule has 0 bridgehead atoms. The van der Waals surface area contributed by atoms with E-state index in [9.17, 15) is 10.1 Å². The summed E-state index contributed by atoms with van der Waals surface area (Å²) in [6, 6.07) is 12.8. The smallest absolute Gasteiger partial charge is 0.235 e. The molecule has 2 heterocycles. The highest BCUT2D eigenvalue weighted by Crippen LogP contribution is 2.36. The topological polar surface area (TPSA) is 88.5 Å². The molecule has 2 aromatic heterocycles. The summed E-state index contributed by atoms with van der Waals surface area (Å²) in [6.07, 6.45) is 5.78. The van der Waals surface area contributed by atoms with Gasteiger partial charge in [0, 0.05) is 11.7 Å². The number of aryl methyl sites for hydroxylation is 1. The maximum absolute atomic E-state index is 13.0. The fourth-order valence-corrected chi connectivity index (χ4v) is 5.38. The number of nitrogens with one attached hydrogen (secondary N) is 1. The number of benzene rings is 1. The molecule has 1 aliphatic carbocycles. The van der Waals surface area contributed by atoms with Gasteiger partial charge in [-0.05, 0) is 44.7 Å². The third-order valence-electron chi connectivity index (χ3n) is 6.48. The Balaban J connectivity index is 1.49. The summed E-state index contributed by atoms with van der Waals surface area (Å²) in [6.45, 7) is 6.59. The maximum atomic E-state index is 13.0. The molecule has 1 fully saturated rings. The zero-order chi connectivity index (χ0) is 23.4. The molecule has 172 valence electrons. The van der Waals surface area contributed by atoms with E-state index in [-0.39, 0.29) is 11.7 Å². The minimum Gasteiger partial charge on any atom is -0.327 e. The van der Waals surface area contributed by atoms with Crippen LogP contribution in [0.25, 0.3) is 0 Å². The molecule has 0 unspecified atom stereocenters. The van der Waals surface area contributed by atoms with E-state index in [2.05, 4.69) is 38.3 Å². The predicted octanol–water partition coefficient (Wildman–Crippen LogP) is 5.16. The van der Waals surface area contributed by atoms with Crippen molar-refractivity contribution < 1.29 is 4.79 Å². The Labute approximate surface area is 199 Å². The molecule has 8 heteroatoms. The number of nitrogens with zero attached hydrogens (tertiary/aromatic N) is 5. The molecule has 4 rings (SSSR count). The predicted molar refractivity (Wildman–Crippen MR) is 130 cm³/mol. The Hall–Kier alpha value is -3.05. The van der Waals surface area contributed by atoms with E-state index in [4.69, 9.17) is 0 Å². The van der Waals surface area contributed by atoms with Crippen molar-refractivity contribution in [1.82, 2.24) is 19.3 Å². The van der Waals surface area contributed by atoms with Crippen molar-refractivity contribution >= 4 is 23.5 Å². The summed E-state index contributed by atoms with van der Waals surface area (Å²) in [4.78, 5) is 13.0. The van der Waals surface area contributed by atoms with Crippen LogP contribution in [0, 0.1) is 32.1 Å². The number of hydrogen-bond acceptors (Lipinski definition) is 5. The van der Waals surface area contributed by atoms with Crippen LogP contribution in [0.4, 0.5) is 5.82 Å². The Bertz CT molecular complexity index is 1170. The number of amides is 1. The highest BCUT2D eigenvalue weighted by molar-refractivity contribution is 7.99. The van der Waals surface area contributed by atoms with Gasteiger partial charge in [0.2, 0.25) is 5.91 Å². The van der Waals surface area contributed by atoms with Crippen LogP contribution >= 0.6 is 11.8 Å². The van der Waals surface area contributed by atoms with Crippen LogP contribution in [0.2, 0.25) is 0 Å². The molecule has 1 aromatic carbocycles. The van der Waals surface area contributed by atoms with Gasteiger partial charge in [-0.25, -0.2) is 0 Å². The first-order valence-corrected chi connectivity index (χ1v) is 12.5. The summed E-state index contributed by atoms with van der Waals surface area (Å²) in [5, 5.41) is 22.0. The fourth-order valence-electron chi connectivity index (χ4n) is 4.60. The van der Waals surface area contributed by atoms with Crippen molar-refractivity contribution in [2.24, 2.45) is 0 Å². The average Bonchev–Trinajstić information content (AvgIpc) is 3.29. The molecule has 1 aliphatic rings. The first-order valence-electron chi connectivity index (χ1n) is 11.5. The van der Waals surface area contributed by atoms with Gasteiger partial charge in [-0.2, -0.15) is 5.26 Å². The molecule has 1 saturated carbocycles. The normalized spacial score (nSPS) is 14.2. The second kappa shape index (κ2) is 10.3. The molecule has 1 N–H and O–H groups in total. The number of carbonyl (C=O) groups excluding carboxylic acids is 1. The van der Waals surface area contributed by atoms with Crippen LogP contribution in [0.3, 0.4) is 0 Å². The first-order chi connectivity index (χ1) is 16.0. The molecular formula is C25H30N6OS. The molecule has 0 spiro atoms. The highest BCUT2D eigenvalue weighted by atomic mass is 32.2. The first kappa shape index (κ1) is 23.1. The van der Waals surface area contributed by atoms with Crippen molar-refractivity contribution in [3.8, 4) is 6.07 Å². The summed E-state index contributed by atoms with van der Waals surface area (Å²) in [7, 11) is 0. The van der Waals surface area contributed by atoms with Crippen molar-refractivity contribution in [1.29, 1.82) is 5.26 Å². The van der Waals surface area contributed by atoms with Gasteiger partial charge in [0.25, 0.3) is 0 Å². The average molecular weight is 463 g/mol. The summed E-state index contributed by atoms with van der Waals surface area (Å²) in [5.74, 6) is 1.52. The SMILES string of the molecule is Cc1c(C#N)c(NC(=O)CSc2nnc(C)n2Cc2ccccc2)n(C2CCCCC2)c1C. The van der Waals surface area contributed by atoms with Gasteiger partial charge in [-0.1, -0.05) is 61.4 Å². The number of nitriles is 1. The van der Waals surface area contributed by atoms with E-state index in [1.807, 2.05) is 43.5 Å². The Morgan fingerprint density at radius 2 is 1.88 bits per heavy atom. The Kier molecular flexibility index (Phi) is 7.19. The molecule has 0 radical (unpaired) electrons. The maximum Gasteiger partial charge on any atom is 0.235 e. The van der Waals surface area contributed by atoms with Crippen molar-refractivity contribution in [2.75, 3.05) is 11.1 Å². The van der Waals surface area contributed by atoms with E-state index >= 15 is 0 Å². The number of rotatable bonds is 7. The zero-order valence-corrected chi connectivity index (χ0v) is 20.3. The third kappa shape index (κ3) is 4.98. The quantitative estimate of drug-likeness (QED) is 0.490. The molecule has 0 aliphatic heterocycles. The van der Waals surface area contributed by atoms with Gasteiger partial charge in [0.05, 0.1) is 17.9 Å². The lowest BCUT2D eigenvalue weighted by molar-refractivity contribution is -0.113. The third-order valence-corrected chi connectivity index (χ3v) is 7.45. The molecule has 33 heavy (non-hydrogen) atoms. The number of anilines is 1. The van der Waals surface area contributed by atoms with Gasteiger partial charge in [-0.15, -0.1) is 10.2 Å². The minimum absolute atomic E-state index is 0.141. The van der Waals surface area contributed by atoms with E-state index < -0.39 is 0 Å². The van der Waals surface area contributed by atoms with Gasteiger partial charge >= 0.3 is 0 Å². The van der Waals surface area contributed by atoms with Crippen LogP contribution in [0.5, 0.6) is 0 Å². The molecule has 0 atom stereocenters. The lowest BCUT2D eigenvalue weighted by atomic mass is 9.95. The Morgan fingerprint density at radius 1 is 1.15 bits per heavy atom. The standard InChI is InChI=1S/C25H30N6OS/c1-17-18(2)31(21-12-8-5-9-13-21)24(22(17)14-26)27-23(32)16-33-25-29-28-19(3)30(25)15-20-10-6-4-7-11-20/h4,6-7,10-11,21H,5,8-9,12-13,15-16H2,1-3H3,(H,27,32). The summed E-state index contributed by atoms with van der Waals surface area (Å²) in [5.41, 5.74) is 3.74. The van der Waals surface area contributed by atoms with E-state index in [0.717, 1.165) is 35.5 Å². The highest BCUT2D eigenvalue weighted by Gasteiger charge is 2.26. The van der Waals surface area contributed by atoms with E-state index in [0.29, 0.717) is 29.1 Å². The number of thioether (sulfide) groups is 1. The fraction of sp³-hybridized carbons (Fsp3) is 0.440. The number of hydrogen-bond donors (Lipinski definition) is 1. The van der Waals surface area contributed by atoms with Gasteiger partial charge in [0.15, 0.2) is 5.16 Å². The van der Waals surface area contributed by atoms with Crippen LogP contribution in [0.1, 0.15) is 66.4 Å². The zero-order valence-electron chi connectivity index (χ0n) is 19.5. The lowest BCUT2D eigenvalue weighted by Gasteiger charge is -2.27. The van der Waals surface area contributed by atoms with Crippen molar-refractivity contribution in [3.63, 3.8) is 0 Å². The van der Waals surface area contributed by atoms with Crippen LogP contribution < -0.4 is 5.32 Å². The number of aromatic nitrogens is 4. The van der Waals surface area contributed by atoms with Gasteiger partial charge in [0.1, 0.15) is 17.7 Å². The molecule has 1 amide bonds. The van der Waals surface area contributed by atoms with Crippen LogP contribution in [0.15, 0.2) is 35.5 Å². The van der Waals surface area contributed by atoms with Crippen LogP contribution in [-0.4, -0.2) is 31.0 Å². The number of carbonyl (C=O) groups is 1. The molecular weight excluding hydrogens is 432 g/mol. The van der Waals surface area contributed by atoms with E-state index in [1.54, 1.807) is 0 Å². The van der Waals surface area contributed by atoms with Crippen LogP contribution in [-0.2, 0) is 11.3 Å². The largest absolute Gasteiger partial charge is 0.327 e. The molecule has 0 saturated heterocycles. The van der Waals surface area contributed by atoms with E-state index in [1.165, 1.54) is 31.0 Å². The second-order valence-corrected chi connectivity index (χ2v) is 9.59. The lowest BCUT2D eigenvalue weighted by Crippen LogP contribution is -2.22.